The summed E-state index contributed by atoms with van der Waals surface area (Å²) >= 11 is 1.47. The molecule has 1 amide bonds. The molecule has 0 aliphatic heterocycles. The molecule has 4 nitrogen and oxygen atoms in total. The van der Waals surface area contributed by atoms with E-state index in [0.29, 0.717) is 11.7 Å². The monoisotopic (exact) mass is 290 g/mol. The quantitative estimate of drug-likeness (QED) is 0.909. The van der Waals surface area contributed by atoms with Gasteiger partial charge in [0.05, 0.1) is 17.2 Å². The van der Waals surface area contributed by atoms with Gasteiger partial charge in [0.2, 0.25) is 5.91 Å². The van der Waals surface area contributed by atoms with Crippen LogP contribution in [0.2, 0.25) is 0 Å². The highest BCUT2D eigenvalue weighted by molar-refractivity contribution is 7.19. The number of benzene rings is 1. The lowest BCUT2D eigenvalue weighted by atomic mass is 10.1. The van der Waals surface area contributed by atoms with Crippen LogP contribution in [0.5, 0.6) is 5.75 Å². The summed E-state index contributed by atoms with van der Waals surface area (Å²) < 4.78 is 5.78. The Bertz CT molecular complexity index is 608. The highest BCUT2D eigenvalue weighted by Gasteiger charge is 2.14. The molecule has 106 valence electrons. The van der Waals surface area contributed by atoms with Crippen LogP contribution in [-0.2, 0) is 4.79 Å². The minimum absolute atomic E-state index is 0.110. The normalized spacial score (nSPS) is 10.3. The molecule has 0 atom stereocenters. The highest BCUT2D eigenvalue weighted by Crippen LogP contribution is 2.38. The Balaban J connectivity index is 2.35. The lowest BCUT2D eigenvalue weighted by Gasteiger charge is -2.09. The smallest absolute Gasteiger partial charge is 0.223 e. The second kappa shape index (κ2) is 6.52. The number of hydrogen-bond acceptors (Lipinski definition) is 4. The first-order valence-corrected chi connectivity index (χ1v) is 7.40. The molecule has 0 saturated carbocycles. The molecule has 0 bridgehead atoms. The van der Waals surface area contributed by atoms with E-state index in [1.807, 2.05) is 31.2 Å². The maximum Gasteiger partial charge on any atom is 0.223 e. The van der Waals surface area contributed by atoms with Crippen molar-refractivity contribution in [1.82, 2.24) is 4.98 Å². The van der Waals surface area contributed by atoms with Crippen LogP contribution in [0.4, 0.5) is 5.13 Å². The second-order valence-corrected chi connectivity index (χ2v) is 5.46. The van der Waals surface area contributed by atoms with Gasteiger partial charge in [-0.15, -0.1) is 0 Å². The number of nitrogens with zero attached hydrogens (tertiary/aromatic N) is 1. The van der Waals surface area contributed by atoms with Gasteiger partial charge in [0.1, 0.15) is 5.75 Å². The standard InChI is InChI=1S/C15H18N2O2S/c1-4-9-19-13-8-6-5-7-12(13)14-10(2)16-15(20-14)17-11(3)18/h5-8H,4,9H2,1-3H3,(H,16,17,18). The SMILES string of the molecule is CCCOc1ccccc1-c1sc(NC(C)=O)nc1C. The number of anilines is 1. The first-order valence-electron chi connectivity index (χ1n) is 6.59. The van der Waals surface area contributed by atoms with Crippen molar-refractivity contribution in [2.75, 3.05) is 11.9 Å². The Kier molecular flexibility index (Phi) is 4.74. The van der Waals surface area contributed by atoms with E-state index in [0.717, 1.165) is 28.3 Å². The van der Waals surface area contributed by atoms with Gasteiger partial charge < -0.3 is 10.1 Å². The molecule has 0 unspecified atom stereocenters. The lowest BCUT2D eigenvalue weighted by Crippen LogP contribution is -2.04. The zero-order chi connectivity index (χ0) is 14.5. The number of carbonyl (C=O) groups is 1. The number of ether oxygens (including phenoxy) is 1. The third kappa shape index (κ3) is 3.36. The summed E-state index contributed by atoms with van der Waals surface area (Å²) in [4.78, 5) is 16.5. The fourth-order valence-corrected chi connectivity index (χ4v) is 2.89. The second-order valence-electron chi connectivity index (χ2n) is 4.46. The maximum atomic E-state index is 11.1. The van der Waals surface area contributed by atoms with Crippen molar-refractivity contribution in [3.05, 3.63) is 30.0 Å². The Morgan fingerprint density at radius 1 is 1.40 bits per heavy atom. The zero-order valence-corrected chi connectivity index (χ0v) is 12.7. The zero-order valence-electron chi connectivity index (χ0n) is 11.9. The molecule has 1 aromatic carbocycles. The molecule has 1 N–H and O–H groups in total. The van der Waals surface area contributed by atoms with E-state index in [9.17, 15) is 4.79 Å². The largest absolute Gasteiger partial charge is 0.493 e. The fourth-order valence-electron chi connectivity index (χ4n) is 1.84. The van der Waals surface area contributed by atoms with Gasteiger partial charge in [0.25, 0.3) is 0 Å². The van der Waals surface area contributed by atoms with Crippen LogP contribution in [0.1, 0.15) is 26.0 Å². The fraction of sp³-hybridized carbons (Fsp3) is 0.333. The topological polar surface area (TPSA) is 51.2 Å². The Labute approximate surface area is 122 Å². The number of thiazole rings is 1. The summed E-state index contributed by atoms with van der Waals surface area (Å²) in [5.41, 5.74) is 1.92. The molecule has 1 heterocycles. The first kappa shape index (κ1) is 14.5. The molecule has 1 aromatic heterocycles. The molecule has 0 radical (unpaired) electrons. The van der Waals surface area contributed by atoms with Crippen molar-refractivity contribution in [2.24, 2.45) is 0 Å². The van der Waals surface area contributed by atoms with Crippen molar-refractivity contribution in [1.29, 1.82) is 0 Å². The van der Waals surface area contributed by atoms with Crippen molar-refractivity contribution in [3.8, 4) is 16.2 Å². The average Bonchev–Trinajstić information content (AvgIpc) is 2.76. The van der Waals surface area contributed by atoms with Crippen LogP contribution in [0, 0.1) is 6.92 Å². The number of aromatic nitrogens is 1. The molecule has 0 saturated heterocycles. The van der Waals surface area contributed by atoms with E-state index >= 15 is 0 Å². The first-order chi connectivity index (χ1) is 9.61. The van der Waals surface area contributed by atoms with E-state index in [-0.39, 0.29) is 5.91 Å². The Morgan fingerprint density at radius 3 is 2.85 bits per heavy atom. The summed E-state index contributed by atoms with van der Waals surface area (Å²) in [6, 6.07) is 7.91. The van der Waals surface area contributed by atoms with Gasteiger partial charge in [0.15, 0.2) is 5.13 Å². The number of rotatable bonds is 5. The van der Waals surface area contributed by atoms with Gasteiger partial charge in [-0.1, -0.05) is 30.4 Å². The van der Waals surface area contributed by atoms with Crippen LogP contribution < -0.4 is 10.1 Å². The van der Waals surface area contributed by atoms with Gasteiger partial charge in [-0.25, -0.2) is 4.98 Å². The highest BCUT2D eigenvalue weighted by atomic mass is 32.1. The van der Waals surface area contributed by atoms with Crippen molar-refractivity contribution < 1.29 is 9.53 Å². The molecule has 2 rings (SSSR count). The molecular formula is C15H18N2O2S. The van der Waals surface area contributed by atoms with Gasteiger partial charge in [0, 0.05) is 12.5 Å². The summed E-state index contributed by atoms with van der Waals surface area (Å²) in [5, 5.41) is 3.35. The third-order valence-corrected chi connectivity index (χ3v) is 3.78. The van der Waals surface area contributed by atoms with Gasteiger partial charge in [-0.05, 0) is 25.5 Å². The van der Waals surface area contributed by atoms with E-state index in [1.165, 1.54) is 18.3 Å². The summed E-state index contributed by atoms with van der Waals surface area (Å²) in [7, 11) is 0. The van der Waals surface area contributed by atoms with Crippen LogP contribution in [-0.4, -0.2) is 17.5 Å². The van der Waals surface area contributed by atoms with Crippen LogP contribution in [0.25, 0.3) is 10.4 Å². The predicted molar refractivity (Wildman–Crippen MR) is 82.4 cm³/mol. The van der Waals surface area contributed by atoms with Crippen LogP contribution >= 0.6 is 11.3 Å². The van der Waals surface area contributed by atoms with E-state index < -0.39 is 0 Å². The summed E-state index contributed by atoms with van der Waals surface area (Å²) in [5.74, 6) is 0.747. The van der Waals surface area contributed by atoms with Crippen molar-refractivity contribution in [2.45, 2.75) is 27.2 Å². The molecule has 0 fully saturated rings. The van der Waals surface area contributed by atoms with Gasteiger partial charge in [-0.3, -0.25) is 4.79 Å². The van der Waals surface area contributed by atoms with Crippen LogP contribution in [0.15, 0.2) is 24.3 Å². The van der Waals surface area contributed by atoms with E-state index in [1.54, 1.807) is 0 Å². The molecule has 0 spiro atoms. The Hall–Kier alpha value is -1.88. The van der Waals surface area contributed by atoms with Crippen molar-refractivity contribution >= 4 is 22.4 Å². The Morgan fingerprint density at radius 2 is 2.15 bits per heavy atom. The maximum absolute atomic E-state index is 11.1. The molecule has 0 aliphatic carbocycles. The number of hydrogen-bond donors (Lipinski definition) is 1. The third-order valence-electron chi connectivity index (χ3n) is 2.67. The number of para-hydroxylation sites is 1. The van der Waals surface area contributed by atoms with Gasteiger partial charge >= 0.3 is 0 Å². The minimum Gasteiger partial charge on any atom is -0.493 e. The van der Waals surface area contributed by atoms with E-state index in [2.05, 4.69) is 17.2 Å². The summed E-state index contributed by atoms with van der Waals surface area (Å²) in [6.07, 6.45) is 0.965. The molecule has 2 aromatic rings. The molecule has 0 aliphatic rings. The predicted octanol–water partition coefficient (Wildman–Crippen LogP) is 3.87. The lowest BCUT2D eigenvalue weighted by molar-refractivity contribution is -0.114. The molecular weight excluding hydrogens is 272 g/mol. The minimum atomic E-state index is -0.110. The number of amides is 1. The number of carbonyl (C=O) groups excluding carboxylic acids is 1. The van der Waals surface area contributed by atoms with Gasteiger partial charge in [-0.2, -0.15) is 0 Å². The van der Waals surface area contributed by atoms with E-state index in [4.69, 9.17) is 4.74 Å². The van der Waals surface area contributed by atoms with Crippen molar-refractivity contribution in [3.63, 3.8) is 0 Å². The molecule has 5 heteroatoms. The average molecular weight is 290 g/mol. The summed E-state index contributed by atoms with van der Waals surface area (Å²) in [6.45, 7) is 6.19. The molecule has 20 heavy (non-hydrogen) atoms. The number of aryl methyl sites for hydroxylation is 1. The van der Waals surface area contributed by atoms with Crippen LogP contribution in [0.3, 0.4) is 0 Å². The number of nitrogens with one attached hydrogen (secondary N) is 1.